The molecule has 1 fully saturated rings. The van der Waals surface area contributed by atoms with Crippen molar-refractivity contribution in [1.82, 2.24) is 20.5 Å². The lowest BCUT2D eigenvalue weighted by Crippen LogP contribution is -2.53. The lowest BCUT2D eigenvalue weighted by molar-refractivity contribution is -0.134. The lowest BCUT2D eigenvalue weighted by atomic mass is 10.0. The van der Waals surface area contributed by atoms with Crippen LogP contribution in [-0.2, 0) is 4.79 Å². The number of aryl methyl sites for hydroxylation is 1. The van der Waals surface area contributed by atoms with Gasteiger partial charge in [0.05, 0.1) is 28.5 Å². The maximum absolute atomic E-state index is 13.6. The molecule has 0 spiro atoms. The van der Waals surface area contributed by atoms with E-state index in [0.29, 0.717) is 45.6 Å². The highest BCUT2D eigenvalue weighted by atomic mass is 32.1. The summed E-state index contributed by atoms with van der Waals surface area (Å²) in [7, 11) is 1.76. The molecule has 6 rings (SSSR count). The number of pyridine rings is 1. The number of aromatic nitrogens is 1. The number of urea groups is 1. The Morgan fingerprint density at radius 2 is 1.93 bits per heavy atom. The molecule has 4 amide bonds. The molecule has 1 saturated heterocycles. The molecule has 4 heterocycles. The molecule has 42 heavy (non-hydrogen) atoms. The fraction of sp³-hybridized carbons (Fsp3) is 0.290. The fourth-order valence-electron chi connectivity index (χ4n) is 5.49. The second-order valence-corrected chi connectivity index (χ2v) is 11.6. The number of thiophene rings is 1. The van der Waals surface area contributed by atoms with E-state index in [4.69, 9.17) is 4.74 Å². The highest BCUT2D eigenvalue weighted by Gasteiger charge is 2.34. The molecule has 2 aromatic heterocycles. The van der Waals surface area contributed by atoms with Gasteiger partial charge in [-0.15, -0.1) is 11.3 Å². The van der Waals surface area contributed by atoms with E-state index in [9.17, 15) is 14.4 Å². The zero-order valence-electron chi connectivity index (χ0n) is 23.6. The minimum absolute atomic E-state index is 0.0181. The summed E-state index contributed by atoms with van der Waals surface area (Å²) in [5.41, 5.74) is 2.67. The summed E-state index contributed by atoms with van der Waals surface area (Å²) in [4.78, 5) is 48.8. The minimum Gasteiger partial charge on any atom is -0.457 e. The number of rotatable bonds is 7. The van der Waals surface area contributed by atoms with E-state index in [2.05, 4.69) is 20.9 Å². The van der Waals surface area contributed by atoms with Crippen LogP contribution >= 0.6 is 11.3 Å². The third-order valence-corrected chi connectivity index (χ3v) is 8.81. The van der Waals surface area contributed by atoms with E-state index >= 15 is 0 Å². The number of anilines is 3. The topological polar surface area (TPSA) is 116 Å². The van der Waals surface area contributed by atoms with E-state index in [1.807, 2.05) is 62.4 Å². The zero-order chi connectivity index (χ0) is 29.4. The molecule has 0 bridgehead atoms. The first-order valence-corrected chi connectivity index (χ1v) is 14.8. The quantitative estimate of drug-likeness (QED) is 0.268. The highest BCUT2D eigenvalue weighted by Crippen LogP contribution is 2.46. The second kappa shape index (κ2) is 11.4. The van der Waals surface area contributed by atoms with Crippen LogP contribution in [0, 0.1) is 6.92 Å². The molecule has 11 heteroatoms. The van der Waals surface area contributed by atoms with Crippen molar-refractivity contribution in [2.75, 3.05) is 30.4 Å². The van der Waals surface area contributed by atoms with Gasteiger partial charge < -0.3 is 25.6 Å². The Morgan fingerprint density at radius 3 is 2.69 bits per heavy atom. The SMILES string of the molecule is CNC(C)C(=O)N1CCC[C@@H](NC(=O)c2sc3nccc4c3c2NC(=O)N4c2ccc(Oc3ccccc3)cc2C)C1. The molecular weight excluding hydrogens is 552 g/mol. The van der Waals surface area contributed by atoms with Gasteiger partial charge in [0.1, 0.15) is 21.2 Å². The van der Waals surface area contributed by atoms with Gasteiger partial charge in [0.2, 0.25) is 5.91 Å². The molecule has 0 radical (unpaired) electrons. The average molecular weight is 585 g/mol. The molecule has 2 aromatic carbocycles. The molecule has 2 aliphatic rings. The molecule has 2 aliphatic heterocycles. The Morgan fingerprint density at radius 1 is 1.12 bits per heavy atom. The summed E-state index contributed by atoms with van der Waals surface area (Å²) in [5.74, 6) is 1.13. The van der Waals surface area contributed by atoms with Gasteiger partial charge in [0.25, 0.3) is 5.91 Å². The lowest BCUT2D eigenvalue weighted by Gasteiger charge is -2.34. The van der Waals surface area contributed by atoms with Crippen LogP contribution in [-0.4, -0.2) is 60.0 Å². The number of benzene rings is 2. The number of piperidine rings is 1. The van der Waals surface area contributed by atoms with Crippen LogP contribution in [0.2, 0.25) is 0 Å². The molecule has 1 unspecified atom stereocenters. The van der Waals surface area contributed by atoms with Crippen LogP contribution in [0.1, 0.15) is 35.0 Å². The number of hydrogen-bond donors (Lipinski definition) is 3. The highest BCUT2D eigenvalue weighted by molar-refractivity contribution is 7.21. The molecule has 0 aliphatic carbocycles. The fourth-order valence-corrected chi connectivity index (χ4v) is 6.52. The van der Waals surface area contributed by atoms with Crippen molar-refractivity contribution in [3.05, 3.63) is 71.2 Å². The number of amides is 4. The summed E-state index contributed by atoms with van der Waals surface area (Å²) in [6, 6.07) is 16.1. The number of carbonyl (C=O) groups excluding carboxylic acids is 3. The summed E-state index contributed by atoms with van der Waals surface area (Å²) < 4.78 is 5.97. The Kier molecular flexibility index (Phi) is 7.53. The normalized spacial score (nSPS) is 17.1. The second-order valence-electron chi connectivity index (χ2n) is 10.6. The van der Waals surface area contributed by atoms with Crippen molar-refractivity contribution in [2.45, 2.75) is 38.8 Å². The molecule has 3 N–H and O–H groups in total. The van der Waals surface area contributed by atoms with Crippen LogP contribution in [0.15, 0.2) is 60.8 Å². The van der Waals surface area contributed by atoms with Gasteiger partial charge in [-0.05, 0) is 75.7 Å². The number of nitrogens with one attached hydrogen (secondary N) is 3. The first-order chi connectivity index (χ1) is 20.3. The van der Waals surface area contributed by atoms with Crippen molar-refractivity contribution in [3.8, 4) is 11.5 Å². The smallest absolute Gasteiger partial charge is 0.331 e. The zero-order valence-corrected chi connectivity index (χ0v) is 24.5. The van der Waals surface area contributed by atoms with Crippen molar-refractivity contribution in [2.24, 2.45) is 0 Å². The molecule has 4 aromatic rings. The van der Waals surface area contributed by atoms with E-state index in [1.165, 1.54) is 11.3 Å². The van der Waals surface area contributed by atoms with Crippen molar-refractivity contribution in [1.29, 1.82) is 0 Å². The van der Waals surface area contributed by atoms with Gasteiger partial charge in [0, 0.05) is 25.3 Å². The largest absolute Gasteiger partial charge is 0.457 e. The molecular formula is C31H32N6O4S. The Bertz CT molecular complexity index is 1670. The van der Waals surface area contributed by atoms with E-state index in [1.54, 1.807) is 29.1 Å². The van der Waals surface area contributed by atoms with Crippen molar-refractivity contribution >= 4 is 56.5 Å². The van der Waals surface area contributed by atoms with Crippen LogP contribution < -0.4 is 25.6 Å². The first-order valence-electron chi connectivity index (χ1n) is 14.0. The number of ether oxygens (including phenoxy) is 1. The van der Waals surface area contributed by atoms with E-state index in [-0.39, 0.29) is 29.9 Å². The van der Waals surface area contributed by atoms with Gasteiger partial charge >= 0.3 is 6.03 Å². The Hall–Kier alpha value is -4.48. The Balaban J connectivity index is 1.26. The van der Waals surface area contributed by atoms with Crippen LogP contribution in [0.25, 0.3) is 10.2 Å². The molecule has 216 valence electrons. The molecule has 10 nitrogen and oxygen atoms in total. The number of nitrogens with zero attached hydrogens (tertiary/aromatic N) is 3. The monoisotopic (exact) mass is 584 g/mol. The standard InChI is InChI=1S/C31H32N6O4S/c1-18-16-22(41-21-9-5-4-6-10-21)11-12-23(18)37-24-13-14-33-29-25(24)26(35-31(37)40)27(42-29)28(38)34-20-8-7-15-36(17-20)30(39)19(2)32-3/h4-6,9-14,16,19-20,32H,7-8,15,17H2,1-3H3,(H,34,38)(H,35,40)/t19?,20-/m1/s1. The van der Waals surface area contributed by atoms with E-state index < -0.39 is 0 Å². The number of likely N-dealkylation sites (tertiary alicyclic amines) is 1. The van der Waals surface area contributed by atoms with Gasteiger partial charge in [0.15, 0.2) is 0 Å². The summed E-state index contributed by atoms with van der Waals surface area (Å²) >= 11 is 1.25. The molecule has 0 saturated carbocycles. The predicted molar refractivity (Wildman–Crippen MR) is 164 cm³/mol. The van der Waals surface area contributed by atoms with E-state index in [0.717, 1.165) is 29.5 Å². The number of carbonyl (C=O) groups is 3. The number of likely N-dealkylation sites (N-methyl/N-ethyl adjacent to an activating group) is 1. The first kappa shape index (κ1) is 27.7. The van der Waals surface area contributed by atoms with Gasteiger partial charge in [-0.25, -0.2) is 9.78 Å². The Labute approximate surface area is 247 Å². The average Bonchev–Trinajstić information content (AvgIpc) is 3.37. The van der Waals surface area contributed by atoms with Crippen molar-refractivity contribution in [3.63, 3.8) is 0 Å². The third kappa shape index (κ3) is 5.17. The van der Waals surface area contributed by atoms with Crippen molar-refractivity contribution < 1.29 is 19.1 Å². The summed E-state index contributed by atoms with van der Waals surface area (Å²) in [6.45, 7) is 4.88. The maximum atomic E-state index is 13.6. The minimum atomic E-state index is -0.363. The van der Waals surface area contributed by atoms with Gasteiger partial charge in [-0.3, -0.25) is 14.5 Å². The maximum Gasteiger partial charge on any atom is 0.331 e. The van der Waals surface area contributed by atoms with Crippen LogP contribution in [0.5, 0.6) is 11.5 Å². The predicted octanol–water partition coefficient (Wildman–Crippen LogP) is 5.41. The summed E-state index contributed by atoms with van der Waals surface area (Å²) in [6.07, 6.45) is 3.23. The number of para-hydroxylation sites is 1. The summed E-state index contributed by atoms with van der Waals surface area (Å²) in [5, 5.41) is 9.77. The number of hydrogen-bond acceptors (Lipinski definition) is 7. The molecule has 2 atom stereocenters. The van der Waals surface area contributed by atoms with Crippen LogP contribution in [0.4, 0.5) is 21.9 Å². The van der Waals surface area contributed by atoms with Gasteiger partial charge in [-0.2, -0.15) is 0 Å². The van der Waals surface area contributed by atoms with Gasteiger partial charge in [-0.1, -0.05) is 18.2 Å². The third-order valence-electron chi connectivity index (χ3n) is 7.71. The van der Waals surface area contributed by atoms with Crippen LogP contribution in [0.3, 0.4) is 0 Å².